The monoisotopic (exact) mass is 406 g/mol. The third-order valence-corrected chi connectivity index (χ3v) is 4.31. The van der Waals surface area contributed by atoms with Crippen molar-refractivity contribution < 1.29 is 32.6 Å². The Bertz CT molecular complexity index is 763. The van der Waals surface area contributed by atoms with Crippen LogP contribution in [0.2, 0.25) is 0 Å². The van der Waals surface area contributed by atoms with Gasteiger partial charge in [-0.2, -0.15) is 13.2 Å². The van der Waals surface area contributed by atoms with Crippen molar-refractivity contribution in [1.29, 1.82) is 0 Å². The van der Waals surface area contributed by atoms with Gasteiger partial charge in [0.2, 0.25) is 0 Å². The lowest BCUT2D eigenvalue weighted by atomic mass is 10.2. The number of amides is 1. The van der Waals surface area contributed by atoms with E-state index in [0.717, 1.165) is 29.4 Å². The smallest absolute Gasteiger partial charge is 0.475 e. The van der Waals surface area contributed by atoms with Crippen LogP contribution < -0.4 is 5.32 Å². The van der Waals surface area contributed by atoms with Gasteiger partial charge in [-0.05, 0) is 19.8 Å². The van der Waals surface area contributed by atoms with E-state index in [1.807, 2.05) is 17.7 Å². The van der Waals surface area contributed by atoms with Gasteiger partial charge in [-0.15, -0.1) is 11.3 Å². The SMILES string of the molecule is Cc1ncc(NC(=O)[C@@H]2CC[C@H](Cn3ccnc3)O2)s1.O=C(O)C(F)(F)F. The Morgan fingerprint density at radius 1 is 1.44 bits per heavy atom. The number of hydrogen-bond acceptors (Lipinski definition) is 6. The molecule has 0 spiro atoms. The molecule has 1 fully saturated rings. The van der Waals surface area contributed by atoms with Gasteiger partial charge in [0.25, 0.3) is 5.91 Å². The van der Waals surface area contributed by atoms with Crippen molar-refractivity contribution in [3.05, 3.63) is 29.9 Å². The van der Waals surface area contributed by atoms with Gasteiger partial charge in [-0.25, -0.2) is 14.8 Å². The molecular formula is C15H17F3N4O4S. The number of halogens is 3. The Morgan fingerprint density at radius 3 is 2.67 bits per heavy atom. The number of aromatic nitrogens is 3. The minimum Gasteiger partial charge on any atom is -0.475 e. The lowest BCUT2D eigenvalue weighted by Gasteiger charge is -2.13. The summed E-state index contributed by atoms with van der Waals surface area (Å²) in [6, 6.07) is 0. The van der Waals surface area contributed by atoms with Crippen LogP contribution in [0.4, 0.5) is 18.2 Å². The van der Waals surface area contributed by atoms with Crippen molar-refractivity contribution >= 4 is 28.2 Å². The lowest BCUT2D eigenvalue weighted by molar-refractivity contribution is -0.192. The Kier molecular flexibility index (Phi) is 6.91. The number of alkyl halides is 3. The van der Waals surface area contributed by atoms with Crippen molar-refractivity contribution in [3.8, 4) is 0 Å². The molecule has 3 rings (SSSR count). The second-order valence-electron chi connectivity index (χ2n) is 5.62. The van der Waals surface area contributed by atoms with Gasteiger partial charge in [0.1, 0.15) is 11.1 Å². The van der Waals surface area contributed by atoms with Gasteiger partial charge in [-0.3, -0.25) is 4.79 Å². The first-order valence-electron chi connectivity index (χ1n) is 7.79. The number of carbonyl (C=O) groups excluding carboxylic acids is 1. The van der Waals surface area contributed by atoms with Crippen LogP contribution in [0.3, 0.4) is 0 Å². The quantitative estimate of drug-likeness (QED) is 0.808. The molecule has 1 aliphatic rings. The van der Waals surface area contributed by atoms with Gasteiger partial charge in [0.15, 0.2) is 0 Å². The molecule has 148 valence electrons. The molecule has 2 N–H and O–H groups in total. The molecule has 2 aromatic heterocycles. The van der Waals surface area contributed by atoms with Crippen LogP contribution in [-0.4, -0.2) is 49.9 Å². The number of carboxylic acids is 1. The number of nitrogens with zero attached hydrogens (tertiary/aromatic N) is 3. The molecule has 0 radical (unpaired) electrons. The molecule has 0 unspecified atom stereocenters. The number of aryl methyl sites for hydroxylation is 1. The number of hydrogen-bond donors (Lipinski definition) is 2. The Balaban J connectivity index is 0.000000321. The fraction of sp³-hybridized carbons (Fsp3) is 0.467. The van der Waals surface area contributed by atoms with E-state index in [9.17, 15) is 18.0 Å². The van der Waals surface area contributed by atoms with Crippen LogP contribution in [0, 0.1) is 6.92 Å². The average Bonchev–Trinajstić information content (AvgIpc) is 3.30. The van der Waals surface area contributed by atoms with Crippen LogP contribution in [0.5, 0.6) is 0 Å². The fourth-order valence-electron chi connectivity index (χ4n) is 2.28. The molecule has 8 nitrogen and oxygen atoms in total. The van der Waals surface area contributed by atoms with Crippen LogP contribution in [0.25, 0.3) is 0 Å². The second-order valence-corrected chi connectivity index (χ2v) is 6.85. The standard InChI is InChI=1S/C13H16N4O2S.C2HF3O2/c1-9-15-6-12(20-9)16-13(18)11-3-2-10(19-11)7-17-5-4-14-8-17;3-2(4,5)1(6)7/h4-6,8,10-11H,2-3,7H2,1H3,(H,16,18);(H,6,7)/t10-,11+;/m1./s1. The summed E-state index contributed by atoms with van der Waals surface area (Å²) in [4.78, 5) is 29.1. The number of nitrogens with one attached hydrogen (secondary N) is 1. The maximum absolute atomic E-state index is 12.1. The first-order valence-corrected chi connectivity index (χ1v) is 8.61. The summed E-state index contributed by atoms with van der Waals surface area (Å²) in [5, 5.41) is 11.7. The van der Waals surface area contributed by atoms with E-state index >= 15 is 0 Å². The van der Waals surface area contributed by atoms with Gasteiger partial charge in [0.05, 0.1) is 23.6 Å². The predicted molar refractivity (Wildman–Crippen MR) is 89.3 cm³/mol. The zero-order valence-electron chi connectivity index (χ0n) is 14.1. The molecular weight excluding hydrogens is 389 g/mol. The Morgan fingerprint density at radius 2 is 2.15 bits per heavy atom. The van der Waals surface area contributed by atoms with E-state index in [-0.39, 0.29) is 18.1 Å². The number of carboxylic acid groups (broad SMARTS) is 1. The van der Waals surface area contributed by atoms with Gasteiger partial charge >= 0.3 is 12.1 Å². The highest BCUT2D eigenvalue weighted by molar-refractivity contribution is 7.15. The zero-order chi connectivity index (χ0) is 20.0. The van der Waals surface area contributed by atoms with Gasteiger partial charge < -0.3 is 19.7 Å². The first-order chi connectivity index (χ1) is 12.6. The number of anilines is 1. The summed E-state index contributed by atoms with van der Waals surface area (Å²) in [6.45, 7) is 2.65. The average molecular weight is 406 g/mol. The molecule has 0 saturated carbocycles. The third-order valence-electron chi connectivity index (χ3n) is 3.48. The maximum atomic E-state index is 12.1. The number of ether oxygens (including phenoxy) is 1. The van der Waals surface area contributed by atoms with Gasteiger partial charge in [0, 0.05) is 18.9 Å². The molecule has 1 saturated heterocycles. The van der Waals surface area contributed by atoms with Crippen LogP contribution >= 0.6 is 11.3 Å². The molecule has 0 aliphatic carbocycles. The highest BCUT2D eigenvalue weighted by Crippen LogP contribution is 2.24. The Labute approximate surface area is 156 Å². The second kappa shape index (κ2) is 8.95. The summed E-state index contributed by atoms with van der Waals surface area (Å²) in [5.41, 5.74) is 0. The van der Waals surface area contributed by atoms with Crippen LogP contribution in [0.15, 0.2) is 24.9 Å². The summed E-state index contributed by atoms with van der Waals surface area (Å²) in [7, 11) is 0. The molecule has 0 bridgehead atoms. The number of thiazole rings is 1. The lowest BCUT2D eigenvalue weighted by Crippen LogP contribution is -2.28. The van der Waals surface area contributed by atoms with Crippen LogP contribution in [0.1, 0.15) is 17.8 Å². The zero-order valence-corrected chi connectivity index (χ0v) is 15.0. The first kappa shape index (κ1) is 20.8. The summed E-state index contributed by atoms with van der Waals surface area (Å²) in [6.07, 6.45) is 3.34. The molecule has 1 amide bonds. The molecule has 0 aromatic carbocycles. The predicted octanol–water partition coefficient (Wildman–Crippen LogP) is 2.47. The molecule has 2 aromatic rings. The number of imidazole rings is 1. The molecule has 1 aliphatic heterocycles. The van der Waals surface area contributed by atoms with E-state index < -0.39 is 12.1 Å². The van der Waals surface area contributed by atoms with Crippen molar-refractivity contribution in [2.24, 2.45) is 0 Å². The van der Waals surface area contributed by atoms with Gasteiger partial charge in [-0.1, -0.05) is 0 Å². The van der Waals surface area contributed by atoms with Crippen molar-refractivity contribution in [2.45, 2.75) is 44.7 Å². The molecule has 27 heavy (non-hydrogen) atoms. The normalized spacial score (nSPS) is 19.3. The number of carbonyl (C=O) groups is 2. The van der Waals surface area contributed by atoms with Crippen molar-refractivity contribution in [2.75, 3.05) is 5.32 Å². The fourth-order valence-corrected chi connectivity index (χ4v) is 2.96. The summed E-state index contributed by atoms with van der Waals surface area (Å²) < 4.78 is 39.5. The summed E-state index contributed by atoms with van der Waals surface area (Å²) in [5.74, 6) is -2.84. The molecule has 2 atom stereocenters. The molecule has 12 heteroatoms. The number of aliphatic carboxylic acids is 1. The van der Waals surface area contributed by atoms with Crippen molar-refractivity contribution in [1.82, 2.24) is 14.5 Å². The summed E-state index contributed by atoms with van der Waals surface area (Å²) >= 11 is 1.47. The highest BCUT2D eigenvalue weighted by atomic mass is 32.1. The van der Waals surface area contributed by atoms with Crippen LogP contribution in [-0.2, 0) is 20.9 Å². The van der Waals surface area contributed by atoms with Crippen molar-refractivity contribution in [3.63, 3.8) is 0 Å². The van der Waals surface area contributed by atoms with E-state index in [4.69, 9.17) is 14.6 Å². The van der Waals surface area contributed by atoms with E-state index in [1.165, 1.54) is 11.3 Å². The maximum Gasteiger partial charge on any atom is 0.490 e. The Hall–Kier alpha value is -2.47. The third kappa shape index (κ3) is 6.64. The molecule has 3 heterocycles. The van der Waals surface area contributed by atoms with E-state index in [2.05, 4.69) is 15.3 Å². The highest BCUT2D eigenvalue weighted by Gasteiger charge is 2.38. The minimum absolute atomic E-state index is 0.0724. The number of rotatable bonds is 4. The largest absolute Gasteiger partial charge is 0.490 e. The van der Waals surface area contributed by atoms with E-state index in [1.54, 1.807) is 18.7 Å². The minimum atomic E-state index is -5.08. The van der Waals surface area contributed by atoms with E-state index in [0.29, 0.717) is 0 Å². The topological polar surface area (TPSA) is 106 Å².